The highest BCUT2D eigenvalue weighted by atomic mass is 16.3. The third-order valence-electron chi connectivity index (χ3n) is 12.6. The Kier molecular flexibility index (Phi) is 6.46. The maximum Gasteiger partial charge on any atom is 0.136 e. The van der Waals surface area contributed by atoms with E-state index in [0.29, 0.717) is 0 Å². The highest BCUT2D eigenvalue weighted by molar-refractivity contribution is 6.23. The Bertz CT molecular complexity index is 3370. The van der Waals surface area contributed by atoms with Gasteiger partial charge in [-0.25, -0.2) is 0 Å². The summed E-state index contributed by atoms with van der Waals surface area (Å²) in [5.74, 6) is 0. The molecule has 1 aliphatic carbocycles. The van der Waals surface area contributed by atoms with Crippen molar-refractivity contribution in [2.24, 2.45) is 0 Å². The predicted molar refractivity (Wildman–Crippen MR) is 238 cm³/mol. The van der Waals surface area contributed by atoms with Crippen LogP contribution in [-0.4, -0.2) is 0 Å². The smallest absolute Gasteiger partial charge is 0.136 e. The Morgan fingerprint density at radius 2 is 0.946 bits per heavy atom. The van der Waals surface area contributed by atoms with Gasteiger partial charge in [-0.1, -0.05) is 172 Å². The van der Waals surface area contributed by atoms with E-state index in [0.717, 1.165) is 11.2 Å². The zero-order valence-electron chi connectivity index (χ0n) is 31.2. The third kappa shape index (κ3) is 4.37. The van der Waals surface area contributed by atoms with Crippen molar-refractivity contribution in [1.82, 2.24) is 0 Å². The first-order chi connectivity index (χ1) is 27.5. The number of furan rings is 1. The summed E-state index contributed by atoms with van der Waals surface area (Å²) in [5, 5.41) is 12.5. The first-order valence-corrected chi connectivity index (χ1v) is 19.6. The lowest BCUT2D eigenvalue weighted by Crippen LogP contribution is -2.15. The van der Waals surface area contributed by atoms with E-state index in [4.69, 9.17) is 4.42 Å². The Labute approximate surface area is 325 Å². The van der Waals surface area contributed by atoms with Gasteiger partial charge in [0.25, 0.3) is 0 Å². The monoisotopic (exact) mass is 712 g/mol. The molecule has 1 aliphatic rings. The van der Waals surface area contributed by atoms with Crippen LogP contribution in [-0.2, 0) is 5.41 Å². The van der Waals surface area contributed by atoms with E-state index in [1.165, 1.54) is 109 Å². The van der Waals surface area contributed by atoms with E-state index < -0.39 is 0 Å². The molecule has 0 radical (unpaired) electrons. The van der Waals surface area contributed by atoms with Crippen LogP contribution in [0.1, 0.15) is 25.0 Å². The maximum absolute atomic E-state index is 6.37. The summed E-state index contributed by atoms with van der Waals surface area (Å²) in [6.45, 7) is 4.74. The van der Waals surface area contributed by atoms with Gasteiger partial charge in [0.1, 0.15) is 11.2 Å². The van der Waals surface area contributed by atoms with Crippen molar-refractivity contribution in [2.45, 2.75) is 19.3 Å². The summed E-state index contributed by atoms with van der Waals surface area (Å²) in [7, 11) is 0. The predicted octanol–water partition coefficient (Wildman–Crippen LogP) is 15.5. The van der Waals surface area contributed by atoms with E-state index in [1.807, 2.05) is 6.07 Å². The molecule has 1 heterocycles. The second kappa shape index (κ2) is 11.5. The minimum atomic E-state index is -0.146. The van der Waals surface area contributed by atoms with Crippen LogP contribution >= 0.6 is 0 Å². The van der Waals surface area contributed by atoms with E-state index in [1.54, 1.807) is 0 Å². The van der Waals surface area contributed by atoms with Crippen LogP contribution in [0, 0.1) is 0 Å². The van der Waals surface area contributed by atoms with Crippen molar-refractivity contribution in [3.63, 3.8) is 0 Å². The van der Waals surface area contributed by atoms with Gasteiger partial charge < -0.3 is 4.42 Å². The highest BCUT2D eigenvalue weighted by Crippen LogP contribution is 2.53. The quantitative estimate of drug-likeness (QED) is 0.166. The molecule has 0 bridgehead atoms. The summed E-state index contributed by atoms with van der Waals surface area (Å²) in [6.07, 6.45) is 0. The van der Waals surface area contributed by atoms with E-state index in [2.05, 4.69) is 190 Å². The standard InChI is InChI=1S/C55H36O/c1-55(2)49-29-27-36(30-47(49)45-28-26-37-31-48-39-15-9-10-21-50(39)56-51(48)32-46(37)54(45)55)33-22-24-35(25-23-33)52-41-16-5-7-18-43(41)53(44-19-8-6-17-42(44)52)40-20-11-13-34-12-3-4-14-38(34)40/h3-32H,1-2H3. The summed E-state index contributed by atoms with van der Waals surface area (Å²) in [6, 6.07) is 67.2. The third-order valence-corrected chi connectivity index (χ3v) is 12.6. The second-order valence-electron chi connectivity index (χ2n) is 16.0. The molecule has 0 saturated carbocycles. The molecule has 56 heavy (non-hydrogen) atoms. The van der Waals surface area contributed by atoms with Gasteiger partial charge in [-0.3, -0.25) is 0 Å². The summed E-state index contributed by atoms with van der Waals surface area (Å²) < 4.78 is 6.37. The van der Waals surface area contributed by atoms with Gasteiger partial charge in [-0.15, -0.1) is 0 Å². The topological polar surface area (TPSA) is 13.1 Å². The molecule has 0 fully saturated rings. The average Bonchev–Trinajstić information content (AvgIpc) is 3.72. The fourth-order valence-electron chi connectivity index (χ4n) is 10.1. The number of hydrogen-bond donors (Lipinski definition) is 0. The molecular formula is C55H36O. The van der Waals surface area contributed by atoms with Crippen molar-refractivity contribution >= 4 is 65.0 Å². The Morgan fingerprint density at radius 1 is 0.339 bits per heavy atom. The van der Waals surface area contributed by atoms with Gasteiger partial charge in [0.2, 0.25) is 0 Å². The first-order valence-electron chi connectivity index (χ1n) is 19.6. The molecule has 11 aromatic rings. The first kappa shape index (κ1) is 31.4. The molecular weight excluding hydrogens is 677 g/mol. The fourth-order valence-corrected chi connectivity index (χ4v) is 10.1. The van der Waals surface area contributed by atoms with Crippen molar-refractivity contribution in [1.29, 1.82) is 0 Å². The van der Waals surface area contributed by atoms with Crippen LogP contribution in [0.25, 0.3) is 110 Å². The second-order valence-corrected chi connectivity index (χ2v) is 16.0. The van der Waals surface area contributed by atoms with Gasteiger partial charge in [-0.05, 0) is 123 Å². The summed E-state index contributed by atoms with van der Waals surface area (Å²) >= 11 is 0. The highest BCUT2D eigenvalue weighted by Gasteiger charge is 2.37. The number of fused-ring (bicyclic) bond motifs is 11. The van der Waals surface area contributed by atoms with Gasteiger partial charge in [0, 0.05) is 16.2 Å². The Hall–Kier alpha value is -6.96. The Morgan fingerprint density at radius 3 is 1.70 bits per heavy atom. The van der Waals surface area contributed by atoms with Crippen molar-refractivity contribution in [2.75, 3.05) is 0 Å². The molecule has 0 aliphatic heterocycles. The number of benzene rings is 10. The molecule has 1 heteroatoms. The van der Waals surface area contributed by atoms with Gasteiger partial charge in [0.05, 0.1) is 0 Å². The minimum Gasteiger partial charge on any atom is -0.456 e. The molecule has 1 nitrogen and oxygen atoms in total. The minimum absolute atomic E-state index is 0.146. The van der Waals surface area contributed by atoms with Crippen molar-refractivity contribution in [3.05, 3.63) is 193 Å². The number of para-hydroxylation sites is 1. The van der Waals surface area contributed by atoms with Crippen LogP contribution in [0.15, 0.2) is 186 Å². The van der Waals surface area contributed by atoms with E-state index in [9.17, 15) is 0 Å². The van der Waals surface area contributed by atoms with Gasteiger partial charge in [0.15, 0.2) is 0 Å². The van der Waals surface area contributed by atoms with E-state index in [-0.39, 0.29) is 5.41 Å². The molecule has 0 atom stereocenters. The summed E-state index contributed by atoms with van der Waals surface area (Å²) in [5.41, 5.74) is 14.6. The molecule has 0 N–H and O–H groups in total. The SMILES string of the molecule is CC1(C)c2ccc(-c3ccc(-c4c5ccccc5c(-c5cccc6ccccc56)c5ccccc45)cc3)cc2-c2ccc3cc4c(cc3c21)oc1ccccc14. The summed E-state index contributed by atoms with van der Waals surface area (Å²) in [4.78, 5) is 0. The average molecular weight is 713 g/mol. The van der Waals surface area contributed by atoms with Crippen LogP contribution in [0.2, 0.25) is 0 Å². The lowest BCUT2D eigenvalue weighted by atomic mass is 9.80. The van der Waals surface area contributed by atoms with Crippen LogP contribution in [0.5, 0.6) is 0 Å². The lowest BCUT2D eigenvalue weighted by molar-refractivity contribution is 0.663. The lowest BCUT2D eigenvalue weighted by Gasteiger charge is -2.23. The number of hydrogen-bond acceptors (Lipinski definition) is 1. The van der Waals surface area contributed by atoms with Gasteiger partial charge >= 0.3 is 0 Å². The van der Waals surface area contributed by atoms with E-state index >= 15 is 0 Å². The molecule has 12 rings (SSSR count). The molecule has 10 aromatic carbocycles. The van der Waals surface area contributed by atoms with Crippen LogP contribution in [0.4, 0.5) is 0 Å². The molecule has 0 spiro atoms. The van der Waals surface area contributed by atoms with Gasteiger partial charge in [-0.2, -0.15) is 0 Å². The maximum atomic E-state index is 6.37. The normalized spacial score (nSPS) is 13.3. The molecule has 0 unspecified atom stereocenters. The Balaban J connectivity index is 0.986. The molecule has 262 valence electrons. The van der Waals surface area contributed by atoms with Crippen molar-refractivity contribution in [3.8, 4) is 44.5 Å². The van der Waals surface area contributed by atoms with Crippen molar-refractivity contribution < 1.29 is 4.42 Å². The zero-order valence-corrected chi connectivity index (χ0v) is 31.2. The molecule has 0 amide bonds. The fraction of sp³-hybridized carbons (Fsp3) is 0.0545. The van der Waals surface area contributed by atoms with Crippen LogP contribution in [0.3, 0.4) is 0 Å². The number of rotatable bonds is 3. The van der Waals surface area contributed by atoms with Crippen LogP contribution < -0.4 is 0 Å². The zero-order chi connectivity index (χ0) is 37.1. The molecule has 0 saturated heterocycles. The largest absolute Gasteiger partial charge is 0.456 e. The molecule has 1 aromatic heterocycles.